The minimum atomic E-state index is 0.217. The van der Waals surface area contributed by atoms with E-state index < -0.39 is 0 Å². The first-order valence-corrected chi connectivity index (χ1v) is 4.82. The van der Waals surface area contributed by atoms with Gasteiger partial charge in [-0.15, -0.1) is 0 Å². The van der Waals surface area contributed by atoms with Crippen molar-refractivity contribution in [3.05, 3.63) is 0 Å². The third kappa shape index (κ3) is 5.77. The fraction of sp³-hybridized carbons (Fsp3) is 0.889. The fourth-order valence-electron chi connectivity index (χ4n) is 1.18. The number of rotatable bonds is 6. The Bertz CT molecular complexity index is 180. The van der Waals surface area contributed by atoms with Gasteiger partial charge in [0.05, 0.1) is 6.54 Å². The maximum atomic E-state index is 8.38. The largest absolute Gasteiger partial charge is 0.409 e. The molecule has 0 saturated heterocycles. The monoisotopic (exact) mass is 202 g/mol. The highest BCUT2D eigenvalue weighted by molar-refractivity contribution is 5.81. The molecule has 0 aromatic heterocycles. The third-order valence-corrected chi connectivity index (χ3v) is 2.04. The van der Waals surface area contributed by atoms with Gasteiger partial charge in [0.1, 0.15) is 0 Å². The van der Waals surface area contributed by atoms with Crippen LogP contribution in [-0.4, -0.2) is 49.2 Å². The van der Waals surface area contributed by atoms with Crippen molar-refractivity contribution >= 4 is 5.84 Å². The molecule has 5 nitrogen and oxygen atoms in total. The Labute approximate surface area is 86.0 Å². The number of nitrogens with zero attached hydrogens (tertiary/aromatic N) is 2. The normalized spacial score (nSPS) is 15.1. The molecule has 1 atom stereocenters. The smallest absolute Gasteiger partial charge is 0.153 e. The van der Waals surface area contributed by atoms with Crippen LogP contribution in [0.5, 0.6) is 0 Å². The summed E-state index contributed by atoms with van der Waals surface area (Å²) >= 11 is 0. The highest BCUT2D eigenvalue weighted by Gasteiger charge is 2.13. The molecule has 0 saturated carbocycles. The summed E-state index contributed by atoms with van der Waals surface area (Å²) < 4.78 is 0. The minimum absolute atomic E-state index is 0.217. The molecule has 0 heterocycles. The zero-order valence-electron chi connectivity index (χ0n) is 9.49. The van der Waals surface area contributed by atoms with Crippen LogP contribution in [0.15, 0.2) is 5.16 Å². The topological polar surface area (TPSA) is 73.9 Å². The van der Waals surface area contributed by atoms with Crippen LogP contribution in [0.2, 0.25) is 0 Å². The van der Waals surface area contributed by atoms with E-state index in [1.54, 1.807) is 0 Å². The molecule has 0 aliphatic carbocycles. The van der Waals surface area contributed by atoms with Gasteiger partial charge in [-0.05, 0) is 20.0 Å². The summed E-state index contributed by atoms with van der Waals surface area (Å²) in [7, 11) is 4.06. The number of nitrogens with one attached hydrogen (secondary N) is 1. The Morgan fingerprint density at radius 3 is 2.43 bits per heavy atom. The first-order valence-electron chi connectivity index (χ1n) is 4.82. The lowest BCUT2D eigenvalue weighted by Crippen LogP contribution is -2.45. The van der Waals surface area contributed by atoms with E-state index >= 15 is 0 Å². The van der Waals surface area contributed by atoms with Crippen LogP contribution in [0.1, 0.15) is 13.8 Å². The first kappa shape index (κ1) is 13.2. The van der Waals surface area contributed by atoms with Crippen molar-refractivity contribution in [1.82, 2.24) is 10.2 Å². The lowest BCUT2D eigenvalue weighted by molar-refractivity contribution is 0.293. The second-order valence-electron chi connectivity index (χ2n) is 4.08. The Kier molecular flexibility index (Phi) is 6.23. The molecular weight excluding hydrogens is 180 g/mol. The highest BCUT2D eigenvalue weighted by atomic mass is 16.4. The van der Waals surface area contributed by atoms with E-state index in [0.717, 1.165) is 6.54 Å². The summed E-state index contributed by atoms with van der Waals surface area (Å²) in [6.07, 6.45) is 0. The summed E-state index contributed by atoms with van der Waals surface area (Å²) in [4.78, 5) is 2.12. The SMILES string of the molecule is CC(C)C(CN(C)C)NCC(N)=NO. The van der Waals surface area contributed by atoms with Gasteiger partial charge in [0, 0.05) is 12.6 Å². The van der Waals surface area contributed by atoms with Crippen molar-refractivity contribution in [3.63, 3.8) is 0 Å². The Morgan fingerprint density at radius 1 is 1.50 bits per heavy atom. The summed E-state index contributed by atoms with van der Waals surface area (Å²) in [5.41, 5.74) is 5.38. The Hall–Kier alpha value is -0.810. The van der Waals surface area contributed by atoms with E-state index in [-0.39, 0.29) is 5.84 Å². The van der Waals surface area contributed by atoms with Crippen molar-refractivity contribution in [1.29, 1.82) is 0 Å². The Morgan fingerprint density at radius 2 is 2.07 bits per heavy atom. The number of oxime groups is 1. The van der Waals surface area contributed by atoms with Crippen LogP contribution < -0.4 is 11.1 Å². The molecule has 4 N–H and O–H groups in total. The molecule has 0 bridgehead atoms. The zero-order chi connectivity index (χ0) is 11.1. The molecule has 0 rings (SSSR count). The van der Waals surface area contributed by atoms with E-state index in [2.05, 4.69) is 29.2 Å². The van der Waals surface area contributed by atoms with E-state index in [1.807, 2.05) is 14.1 Å². The van der Waals surface area contributed by atoms with Gasteiger partial charge in [0.15, 0.2) is 5.84 Å². The summed E-state index contributed by atoms with van der Waals surface area (Å²) in [6.45, 7) is 5.66. The van der Waals surface area contributed by atoms with E-state index in [1.165, 1.54) is 0 Å². The van der Waals surface area contributed by atoms with Gasteiger partial charge in [-0.1, -0.05) is 19.0 Å². The van der Waals surface area contributed by atoms with E-state index in [0.29, 0.717) is 18.5 Å². The van der Waals surface area contributed by atoms with Crippen LogP contribution in [0.3, 0.4) is 0 Å². The van der Waals surface area contributed by atoms with Crippen LogP contribution in [0, 0.1) is 5.92 Å². The van der Waals surface area contributed by atoms with Crippen molar-refractivity contribution in [2.45, 2.75) is 19.9 Å². The average molecular weight is 202 g/mol. The maximum absolute atomic E-state index is 8.38. The molecule has 0 aromatic carbocycles. The highest BCUT2D eigenvalue weighted by Crippen LogP contribution is 2.01. The Balaban J connectivity index is 3.97. The lowest BCUT2D eigenvalue weighted by atomic mass is 10.0. The maximum Gasteiger partial charge on any atom is 0.153 e. The molecule has 5 heteroatoms. The number of nitrogens with two attached hydrogens (primary N) is 1. The molecule has 0 fully saturated rings. The molecule has 0 aliphatic rings. The number of hydrogen-bond donors (Lipinski definition) is 3. The zero-order valence-corrected chi connectivity index (χ0v) is 9.49. The van der Waals surface area contributed by atoms with Crippen molar-refractivity contribution < 1.29 is 5.21 Å². The van der Waals surface area contributed by atoms with Gasteiger partial charge in [-0.25, -0.2) is 0 Å². The molecule has 0 aromatic rings. The van der Waals surface area contributed by atoms with Gasteiger partial charge < -0.3 is 21.2 Å². The summed E-state index contributed by atoms with van der Waals surface area (Å²) in [5, 5.41) is 14.5. The molecule has 14 heavy (non-hydrogen) atoms. The quantitative estimate of drug-likeness (QED) is 0.243. The predicted octanol–water partition coefficient (Wildman–Crippen LogP) is -0.0914. The molecule has 0 radical (unpaired) electrons. The molecule has 0 spiro atoms. The van der Waals surface area contributed by atoms with Crippen molar-refractivity contribution in [2.24, 2.45) is 16.8 Å². The fourth-order valence-corrected chi connectivity index (χ4v) is 1.18. The summed E-state index contributed by atoms with van der Waals surface area (Å²) in [5.74, 6) is 0.735. The van der Waals surface area contributed by atoms with Crippen molar-refractivity contribution in [2.75, 3.05) is 27.2 Å². The van der Waals surface area contributed by atoms with Gasteiger partial charge >= 0.3 is 0 Å². The van der Waals surface area contributed by atoms with Gasteiger partial charge in [0.2, 0.25) is 0 Å². The van der Waals surface area contributed by atoms with Gasteiger partial charge in [-0.3, -0.25) is 0 Å². The van der Waals surface area contributed by atoms with E-state index in [9.17, 15) is 0 Å². The predicted molar refractivity (Wildman–Crippen MR) is 58.6 cm³/mol. The standard InChI is InChI=1S/C9H22N4O/c1-7(2)8(6-13(3)4)11-5-9(10)12-14/h7-8,11,14H,5-6H2,1-4H3,(H2,10,12). The van der Waals surface area contributed by atoms with Crippen LogP contribution in [0.25, 0.3) is 0 Å². The number of amidine groups is 1. The van der Waals surface area contributed by atoms with Crippen molar-refractivity contribution in [3.8, 4) is 0 Å². The second-order valence-corrected chi connectivity index (χ2v) is 4.08. The number of hydrogen-bond acceptors (Lipinski definition) is 4. The number of likely N-dealkylation sites (N-methyl/N-ethyl adjacent to an activating group) is 1. The molecule has 84 valence electrons. The molecule has 0 amide bonds. The van der Waals surface area contributed by atoms with Crippen LogP contribution >= 0.6 is 0 Å². The van der Waals surface area contributed by atoms with E-state index in [4.69, 9.17) is 10.9 Å². The van der Waals surface area contributed by atoms with Gasteiger partial charge in [-0.2, -0.15) is 0 Å². The second kappa shape index (κ2) is 6.62. The first-order chi connectivity index (χ1) is 6.47. The molecule has 0 aliphatic heterocycles. The molecular formula is C9H22N4O. The minimum Gasteiger partial charge on any atom is -0.409 e. The lowest BCUT2D eigenvalue weighted by Gasteiger charge is -2.25. The van der Waals surface area contributed by atoms with Crippen LogP contribution in [-0.2, 0) is 0 Å². The molecule has 1 unspecified atom stereocenters. The third-order valence-electron chi connectivity index (χ3n) is 2.04. The van der Waals surface area contributed by atoms with Gasteiger partial charge in [0.25, 0.3) is 0 Å². The summed E-state index contributed by atoms with van der Waals surface area (Å²) in [6, 6.07) is 0.352. The average Bonchev–Trinajstić information content (AvgIpc) is 2.10. The van der Waals surface area contributed by atoms with Crippen LogP contribution in [0.4, 0.5) is 0 Å².